The van der Waals surface area contributed by atoms with Gasteiger partial charge >= 0.3 is 12.4 Å². The third kappa shape index (κ3) is 1.17. The van der Waals surface area contributed by atoms with Gasteiger partial charge in [-0.15, -0.1) is 0 Å². The van der Waals surface area contributed by atoms with E-state index >= 15 is 0 Å². The molecule has 0 bridgehead atoms. The molecule has 1 aliphatic heterocycles. The van der Waals surface area contributed by atoms with Gasteiger partial charge in [0.2, 0.25) is 12.5 Å². The Morgan fingerprint density at radius 3 is 1.29 bits per heavy atom. The molecule has 1 saturated heterocycles. The largest absolute Gasteiger partial charge is 0.429 e. The van der Waals surface area contributed by atoms with Crippen LogP contribution >= 0.6 is 0 Å². The maximum absolute atomic E-state index is 12.3. The molecule has 1 fully saturated rings. The summed E-state index contributed by atoms with van der Waals surface area (Å²) in [6, 6.07) is 0. The molecule has 0 aliphatic carbocycles. The highest BCUT2D eigenvalue weighted by atomic mass is 19.4. The first-order chi connectivity index (χ1) is 6.04. The van der Waals surface area contributed by atoms with Gasteiger partial charge < -0.3 is 4.74 Å². The van der Waals surface area contributed by atoms with Crippen molar-refractivity contribution in [2.45, 2.75) is 30.5 Å². The monoisotopic (exact) mass is 230 g/mol. The van der Waals surface area contributed by atoms with E-state index in [1.54, 1.807) is 0 Å². The molecule has 0 amide bonds. The van der Waals surface area contributed by atoms with Gasteiger partial charge in [0.1, 0.15) is 0 Å². The molecule has 14 heavy (non-hydrogen) atoms. The van der Waals surface area contributed by atoms with Crippen LogP contribution in [0.4, 0.5) is 35.1 Å². The van der Waals surface area contributed by atoms with Gasteiger partial charge in [0.15, 0.2) is 0 Å². The highest BCUT2D eigenvalue weighted by Gasteiger charge is 2.84. The molecule has 9 heteroatoms. The van der Waals surface area contributed by atoms with Gasteiger partial charge in [0.25, 0.3) is 5.60 Å². The minimum absolute atomic E-state index is 2.88. The SMILES string of the molecule is F[C@@H]1OC(C(F)(F)F)(C(F)(F)F)[C@@H]1F. The van der Waals surface area contributed by atoms with Crippen LogP contribution in [0.15, 0.2) is 0 Å². The Kier molecular flexibility index (Phi) is 2.22. The Morgan fingerprint density at radius 1 is 0.857 bits per heavy atom. The Balaban J connectivity index is 3.08. The second-order valence-corrected chi connectivity index (χ2v) is 2.60. The zero-order chi connectivity index (χ0) is 11.4. The van der Waals surface area contributed by atoms with E-state index in [4.69, 9.17) is 0 Å². The molecule has 0 spiro atoms. The number of hydrogen-bond donors (Lipinski definition) is 0. The van der Waals surface area contributed by atoms with Crippen molar-refractivity contribution in [3.63, 3.8) is 0 Å². The van der Waals surface area contributed by atoms with Gasteiger partial charge in [-0.2, -0.15) is 26.3 Å². The molecule has 1 aliphatic rings. The fourth-order valence-corrected chi connectivity index (χ4v) is 1.02. The van der Waals surface area contributed by atoms with Crippen LogP contribution in [0.3, 0.4) is 0 Å². The van der Waals surface area contributed by atoms with Crippen LogP contribution in [0.1, 0.15) is 0 Å². The third-order valence-electron chi connectivity index (χ3n) is 1.76. The summed E-state index contributed by atoms with van der Waals surface area (Å²) in [5, 5.41) is 0. The maximum Gasteiger partial charge on any atom is 0.429 e. The van der Waals surface area contributed by atoms with Crippen molar-refractivity contribution in [1.29, 1.82) is 0 Å². The first-order valence-electron chi connectivity index (χ1n) is 3.13. The molecular weight excluding hydrogens is 228 g/mol. The van der Waals surface area contributed by atoms with Gasteiger partial charge in [0.05, 0.1) is 0 Å². The number of hydrogen-bond acceptors (Lipinski definition) is 1. The van der Waals surface area contributed by atoms with E-state index in [0.717, 1.165) is 0 Å². The standard InChI is InChI=1S/C5H2F8O/c6-1-2(7)14-3(1,4(8,9)10)5(11,12)13/h1-2H/t1-,2-/m1/s1. The Bertz CT molecular complexity index is 215. The van der Waals surface area contributed by atoms with Crippen LogP contribution in [-0.2, 0) is 4.74 Å². The van der Waals surface area contributed by atoms with Crippen LogP contribution in [-0.4, -0.2) is 30.5 Å². The summed E-state index contributed by atoms with van der Waals surface area (Å²) < 4.78 is 98.0. The topological polar surface area (TPSA) is 9.23 Å². The van der Waals surface area contributed by atoms with Gasteiger partial charge in [-0.3, -0.25) is 0 Å². The average Bonchev–Trinajstić information content (AvgIpc) is 1.93. The molecule has 0 radical (unpaired) electrons. The fourth-order valence-electron chi connectivity index (χ4n) is 1.02. The van der Waals surface area contributed by atoms with E-state index in [-0.39, 0.29) is 0 Å². The molecule has 1 heterocycles. The first kappa shape index (κ1) is 11.5. The molecule has 0 aromatic heterocycles. The van der Waals surface area contributed by atoms with E-state index < -0.39 is 30.5 Å². The van der Waals surface area contributed by atoms with E-state index in [9.17, 15) is 35.1 Å². The van der Waals surface area contributed by atoms with Crippen LogP contribution < -0.4 is 0 Å². The molecule has 1 rings (SSSR count). The highest BCUT2D eigenvalue weighted by molar-refractivity contribution is 5.09. The summed E-state index contributed by atoms with van der Waals surface area (Å²) in [5.74, 6) is 0. The Hall–Kier alpha value is -0.600. The summed E-state index contributed by atoms with van der Waals surface area (Å²) in [6.45, 7) is 0. The molecule has 1 nitrogen and oxygen atoms in total. The van der Waals surface area contributed by atoms with Gasteiger partial charge in [0, 0.05) is 0 Å². The normalized spacial score (nSPS) is 32.6. The number of rotatable bonds is 0. The zero-order valence-corrected chi connectivity index (χ0v) is 6.09. The van der Waals surface area contributed by atoms with Crippen molar-refractivity contribution >= 4 is 0 Å². The summed E-state index contributed by atoms with van der Waals surface area (Å²) in [7, 11) is 0. The first-order valence-corrected chi connectivity index (χ1v) is 3.13. The van der Waals surface area contributed by atoms with E-state index in [0.29, 0.717) is 0 Å². The molecule has 84 valence electrons. The van der Waals surface area contributed by atoms with Crippen molar-refractivity contribution in [3.8, 4) is 0 Å². The smallest absolute Gasteiger partial charge is 0.318 e. The molecule has 0 aromatic rings. The minimum atomic E-state index is -6.03. The van der Waals surface area contributed by atoms with Crippen LogP contribution in [0.25, 0.3) is 0 Å². The Labute approximate surface area is 71.6 Å². The van der Waals surface area contributed by atoms with Gasteiger partial charge in [-0.05, 0) is 0 Å². The van der Waals surface area contributed by atoms with Crippen molar-refractivity contribution in [2.24, 2.45) is 0 Å². The maximum atomic E-state index is 12.3. The number of halogens is 8. The third-order valence-corrected chi connectivity index (χ3v) is 1.76. The quantitative estimate of drug-likeness (QED) is 0.581. The van der Waals surface area contributed by atoms with E-state index in [2.05, 4.69) is 4.74 Å². The van der Waals surface area contributed by atoms with E-state index in [1.807, 2.05) is 0 Å². The van der Waals surface area contributed by atoms with Gasteiger partial charge in [-0.25, -0.2) is 8.78 Å². The van der Waals surface area contributed by atoms with Crippen molar-refractivity contribution < 1.29 is 39.9 Å². The predicted octanol–water partition coefficient (Wildman–Crippen LogP) is 2.51. The number of ether oxygens (including phenoxy) is 1. The van der Waals surface area contributed by atoms with E-state index in [1.165, 1.54) is 0 Å². The fraction of sp³-hybridized carbons (Fsp3) is 1.00. The zero-order valence-electron chi connectivity index (χ0n) is 6.09. The Morgan fingerprint density at radius 2 is 1.21 bits per heavy atom. The summed E-state index contributed by atoms with van der Waals surface area (Å²) in [4.78, 5) is 0. The van der Waals surface area contributed by atoms with Crippen molar-refractivity contribution in [1.82, 2.24) is 0 Å². The predicted molar refractivity (Wildman–Crippen MR) is 25.7 cm³/mol. The number of alkyl halides is 8. The molecule has 2 atom stereocenters. The molecule has 0 unspecified atom stereocenters. The summed E-state index contributed by atoms with van der Waals surface area (Å²) in [6.07, 6.45) is -19.0. The average molecular weight is 230 g/mol. The lowest BCUT2D eigenvalue weighted by Gasteiger charge is -2.47. The second-order valence-electron chi connectivity index (χ2n) is 2.60. The molecule has 0 N–H and O–H groups in total. The van der Waals surface area contributed by atoms with Crippen LogP contribution in [0.5, 0.6) is 0 Å². The lowest BCUT2D eigenvalue weighted by Crippen LogP contribution is -2.75. The van der Waals surface area contributed by atoms with Crippen molar-refractivity contribution in [2.75, 3.05) is 0 Å². The van der Waals surface area contributed by atoms with Crippen molar-refractivity contribution in [3.05, 3.63) is 0 Å². The molecule has 0 aromatic carbocycles. The lowest BCUT2D eigenvalue weighted by atomic mass is 9.90. The second kappa shape index (κ2) is 2.71. The minimum Gasteiger partial charge on any atom is -0.318 e. The van der Waals surface area contributed by atoms with Crippen LogP contribution in [0, 0.1) is 0 Å². The molecule has 0 saturated carbocycles. The van der Waals surface area contributed by atoms with Crippen LogP contribution in [0.2, 0.25) is 0 Å². The van der Waals surface area contributed by atoms with Gasteiger partial charge in [-0.1, -0.05) is 0 Å². The summed E-state index contributed by atoms with van der Waals surface area (Å²) in [5.41, 5.74) is -5.01. The highest BCUT2D eigenvalue weighted by Crippen LogP contribution is 2.56. The summed E-state index contributed by atoms with van der Waals surface area (Å²) >= 11 is 0. The lowest BCUT2D eigenvalue weighted by molar-refractivity contribution is -0.479. The molecular formula is C5H2F8O.